The molecule has 1 saturated heterocycles. The first-order valence-corrected chi connectivity index (χ1v) is 4.53. The zero-order chi connectivity index (χ0) is 6.55. The van der Waals surface area contributed by atoms with E-state index in [2.05, 4.69) is 0 Å². The van der Waals surface area contributed by atoms with Crippen molar-refractivity contribution >= 4 is 0 Å². The molecule has 4 atom stereocenters. The van der Waals surface area contributed by atoms with E-state index in [-0.39, 0.29) is 0 Å². The Hall–Kier alpha value is -0.0400. The van der Waals surface area contributed by atoms with E-state index < -0.39 is 0 Å². The summed E-state index contributed by atoms with van der Waals surface area (Å²) in [5.41, 5.74) is 0. The van der Waals surface area contributed by atoms with Crippen LogP contribution in [-0.2, 0) is 4.74 Å². The van der Waals surface area contributed by atoms with Gasteiger partial charge in [-0.05, 0) is 42.9 Å². The van der Waals surface area contributed by atoms with Crippen LogP contribution in [0.2, 0.25) is 0 Å². The van der Waals surface area contributed by atoms with Crippen molar-refractivity contribution in [3.8, 4) is 0 Å². The van der Waals surface area contributed by atoms with Gasteiger partial charge in [0.2, 0.25) is 0 Å². The van der Waals surface area contributed by atoms with Crippen LogP contribution in [0.1, 0.15) is 19.3 Å². The summed E-state index contributed by atoms with van der Waals surface area (Å²) in [6, 6.07) is 0. The molecule has 3 fully saturated rings. The van der Waals surface area contributed by atoms with Crippen molar-refractivity contribution < 1.29 is 4.74 Å². The van der Waals surface area contributed by atoms with Crippen molar-refractivity contribution in [2.45, 2.75) is 19.3 Å². The Morgan fingerprint density at radius 1 is 0.900 bits per heavy atom. The molecule has 0 spiro atoms. The maximum absolute atomic E-state index is 5.49. The molecule has 10 heavy (non-hydrogen) atoms. The third kappa shape index (κ3) is 0.531. The van der Waals surface area contributed by atoms with Crippen molar-refractivity contribution in [1.29, 1.82) is 0 Å². The van der Waals surface area contributed by atoms with Gasteiger partial charge in [0, 0.05) is 0 Å². The van der Waals surface area contributed by atoms with Crippen molar-refractivity contribution in [1.82, 2.24) is 0 Å². The minimum atomic E-state index is 0.985. The Bertz CT molecular complexity index is 139. The molecule has 3 aliphatic rings. The lowest BCUT2D eigenvalue weighted by atomic mass is 9.82. The average Bonchev–Trinajstić information content (AvgIpc) is 2.60. The van der Waals surface area contributed by atoms with E-state index in [4.69, 9.17) is 4.74 Å². The van der Waals surface area contributed by atoms with E-state index in [0.717, 1.165) is 36.9 Å². The third-order valence-electron chi connectivity index (χ3n) is 3.90. The Kier molecular flexibility index (Phi) is 0.984. The lowest BCUT2D eigenvalue weighted by molar-refractivity contribution is 0.163. The van der Waals surface area contributed by atoms with E-state index in [1.807, 2.05) is 0 Å². The minimum Gasteiger partial charge on any atom is -0.381 e. The van der Waals surface area contributed by atoms with Gasteiger partial charge in [0.1, 0.15) is 0 Å². The van der Waals surface area contributed by atoms with Crippen molar-refractivity contribution in [2.75, 3.05) is 13.2 Å². The molecule has 0 aromatic rings. The molecule has 2 saturated carbocycles. The Balaban J connectivity index is 1.92. The number of rotatable bonds is 0. The highest BCUT2D eigenvalue weighted by molar-refractivity contribution is 4.98. The summed E-state index contributed by atoms with van der Waals surface area (Å²) in [4.78, 5) is 0. The molecule has 2 aliphatic carbocycles. The predicted molar refractivity (Wildman–Crippen MR) is 38.6 cm³/mol. The first kappa shape index (κ1) is 5.59. The zero-order valence-corrected chi connectivity index (χ0v) is 6.25. The molecule has 0 amide bonds. The standard InChI is InChI=1S/C9H14O/c1-2-7-3-6(1)8-4-10-5-9(7)8/h6-9H,1-5H2/t6-,7+,8-,9+. The number of hydrogen-bond acceptors (Lipinski definition) is 1. The van der Waals surface area contributed by atoms with E-state index >= 15 is 0 Å². The second-order valence-corrected chi connectivity index (χ2v) is 4.20. The van der Waals surface area contributed by atoms with Gasteiger partial charge in [-0.2, -0.15) is 0 Å². The molecule has 0 aromatic carbocycles. The van der Waals surface area contributed by atoms with Gasteiger partial charge in [-0.1, -0.05) is 0 Å². The first-order chi connectivity index (χ1) is 4.95. The van der Waals surface area contributed by atoms with Crippen LogP contribution in [0.5, 0.6) is 0 Å². The molecule has 0 unspecified atom stereocenters. The second-order valence-electron chi connectivity index (χ2n) is 4.20. The highest BCUT2D eigenvalue weighted by Gasteiger charge is 2.49. The number of fused-ring (bicyclic) bond motifs is 5. The smallest absolute Gasteiger partial charge is 0.0500 e. The first-order valence-electron chi connectivity index (χ1n) is 4.53. The monoisotopic (exact) mass is 138 g/mol. The van der Waals surface area contributed by atoms with Gasteiger partial charge in [0.05, 0.1) is 13.2 Å². The van der Waals surface area contributed by atoms with Crippen LogP contribution in [0.3, 0.4) is 0 Å². The normalized spacial score (nSPS) is 57.6. The quantitative estimate of drug-likeness (QED) is 0.495. The molecule has 1 heteroatoms. The van der Waals surface area contributed by atoms with Gasteiger partial charge in [-0.3, -0.25) is 0 Å². The summed E-state index contributed by atoms with van der Waals surface area (Å²) in [6.07, 6.45) is 4.56. The molecule has 2 bridgehead atoms. The lowest BCUT2D eigenvalue weighted by Gasteiger charge is -2.21. The molecular formula is C9H14O. The molecule has 1 aliphatic heterocycles. The van der Waals surface area contributed by atoms with Crippen molar-refractivity contribution in [3.63, 3.8) is 0 Å². The van der Waals surface area contributed by atoms with Gasteiger partial charge in [-0.15, -0.1) is 0 Å². The molecule has 0 aromatic heterocycles. The van der Waals surface area contributed by atoms with Gasteiger partial charge in [0.25, 0.3) is 0 Å². The highest BCUT2D eigenvalue weighted by Crippen LogP contribution is 2.54. The zero-order valence-electron chi connectivity index (χ0n) is 6.25. The van der Waals surface area contributed by atoms with E-state index in [0.29, 0.717) is 0 Å². The summed E-state index contributed by atoms with van der Waals surface area (Å²) < 4.78 is 5.49. The fourth-order valence-corrected chi connectivity index (χ4v) is 3.39. The molecule has 0 radical (unpaired) electrons. The highest BCUT2D eigenvalue weighted by atomic mass is 16.5. The third-order valence-corrected chi connectivity index (χ3v) is 3.90. The second kappa shape index (κ2) is 1.76. The summed E-state index contributed by atoms with van der Waals surface area (Å²) in [5.74, 6) is 4.10. The van der Waals surface area contributed by atoms with E-state index in [1.54, 1.807) is 6.42 Å². The summed E-state index contributed by atoms with van der Waals surface area (Å²) in [5, 5.41) is 0. The minimum absolute atomic E-state index is 0.985. The fraction of sp³-hybridized carbons (Fsp3) is 1.00. The van der Waals surface area contributed by atoms with Crippen LogP contribution in [0.4, 0.5) is 0 Å². The van der Waals surface area contributed by atoms with Gasteiger partial charge >= 0.3 is 0 Å². The van der Waals surface area contributed by atoms with Crippen LogP contribution in [0, 0.1) is 23.7 Å². The van der Waals surface area contributed by atoms with Crippen LogP contribution < -0.4 is 0 Å². The van der Waals surface area contributed by atoms with E-state index in [1.165, 1.54) is 12.8 Å². The Morgan fingerprint density at radius 3 is 2.10 bits per heavy atom. The van der Waals surface area contributed by atoms with Gasteiger partial charge < -0.3 is 4.74 Å². The number of hydrogen-bond donors (Lipinski definition) is 0. The summed E-state index contributed by atoms with van der Waals surface area (Å²) >= 11 is 0. The van der Waals surface area contributed by atoms with Crippen LogP contribution in [0.25, 0.3) is 0 Å². The molecular weight excluding hydrogens is 124 g/mol. The van der Waals surface area contributed by atoms with Crippen molar-refractivity contribution in [2.24, 2.45) is 23.7 Å². The largest absolute Gasteiger partial charge is 0.381 e. The molecule has 1 heterocycles. The Labute approximate surface area is 61.8 Å². The molecule has 3 rings (SSSR count). The fourth-order valence-electron chi connectivity index (χ4n) is 3.39. The maximum atomic E-state index is 5.49. The van der Waals surface area contributed by atoms with Crippen LogP contribution >= 0.6 is 0 Å². The maximum Gasteiger partial charge on any atom is 0.0500 e. The van der Waals surface area contributed by atoms with Crippen LogP contribution in [0.15, 0.2) is 0 Å². The number of ether oxygens (including phenoxy) is 1. The lowest BCUT2D eigenvalue weighted by Crippen LogP contribution is -2.19. The molecule has 0 N–H and O–H groups in total. The Morgan fingerprint density at radius 2 is 1.50 bits per heavy atom. The SMILES string of the molecule is C1C[C@H]2C[C@@H]1[C@H]1COC[C@@H]21. The van der Waals surface area contributed by atoms with Crippen molar-refractivity contribution in [3.05, 3.63) is 0 Å². The van der Waals surface area contributed by atoms with E-state index in [9.17, 15) is 0 Å². The van der Waals surface area contributed by atoms with Crippen LogP contribution in [-0.4, -0.2) is 13.2 Å². The molecule has 56 valence electrons. The van der Waals surface area contributed by atoms with Gasteiger partial charge in [0.15, 0.2) is 0 Å². The molecule has 1 nitrogen and oxygen atoms in total. The average molecular weight is 138 g/mol. The topological polar surface area (TPSA) is 9.23 Å². The van der Waals surface area contributed by atoms with Gasteiger partial charge in [-0.25, -0.2) is 0 Å². The summed E-state index contributed by atoms with van der Waals surface area (Å²) in [6.45, 7) is 2.18. The summed E-state index contributed by atoms with van der Waals surface area (Å²) in [7, 11) is 0. The predicted octanol–water partition coefficient (Wildman–Crippen LogP) is 1.68.